The first-order valence-electron chi connectivity index (χ1n) is 6.38. The van der Waals surface area contributed by atoms with Crippen molar-refractivity contribution in [3.05, 3.63) is 29.8 Å². The highest BCUT2D eigenvalue weighted by atomic mass is 32.2. The quantitative estimate of drug-likeness (QED) is 0.805. The lowest BCUT2D eigenvalue weighted by molar-refractivity contribution is 0.00979. The number of hydrogen-bond donors (Lipinski definition) is 1. The maximum absolute atomic E-state index is 12.2. The molecule has 2 saturated heterocycles. The molecule has 2 aliphatic rings. The lowest BCUT2D eigenvalue weighted by Crippen LogP contribution is -2.34. The third kappa shape index (κ3) is 2.47. The van der Waals surface area contributed by atoms with Crippen LogP contribution >= 0.6 is 0 Å². The number of aryl methyl sites for hydroxylation is 1. The van der Waals surface area contributed by atoms with Crippen molar-refractivity contribution in [2.24, 2.45) is 0 Å². The van der Waals surface area contributed by atoms with Crippen LogP contribution in [0.1, 0.15) is 5.56 Å². The molecule has 7 heteroatoms. The summed E-state index contributed by atoms with van der Waals surface area (Å²) in [6.45, 7) is 2.11. The Labute approximate surface area is 117 Å². The highest BCUT2D eigenvalue weighted by Gasteiger charge is 2.49. The Hall–Kier alpha value is -0.990. The standard InChI is InChI=1S/C13H16O6S/c1-8-2-4-9(5-3-8)20(15,16)19-11-7-18-12-10(14)6-17-13(11)12/h2-5,10-14H,6-7H2,1H3. The van der Waals surface area contributed by atoms with Gasteiger partial charge in [-0.15, -0.1) is 0 Å². The molecule has 3 rings (SSSR count). The van der Waals surface area contributed by atoms with E-state index in [0.717, 1.165) is 5.56 Å². The molecule has 2 aliphatic heterocycles. The van der Waals surface area contributed by atoms with E-state index in [4.69, 9.17) is 13.7 Å². The molecule has 2 fully saturated rings. The predicted octanol–water partition coefficient (Wildman–Crippen LogP) is 0.227. The monoisotopic (exact) mass is 300 g/mol. The molecule has 0 bridgehead atoms. The molecule has 2 heterocycles. The van der Waals surface area contributed by atoms with Gasteiger partial charge in [-0.05, 0) is 19.1 Å². The zero-order valence-corrected chi connectivity index (χ0v) is 11.7. The van der Waals surface area contributed by atoms with E-state index in [-0.39, 0.29) is 18.1 Å². The minimum atomic E-state index is -3.86. The molecule has 0 aliphatic carbocycles. The van der Waals surface area contributed by atoms with E-state index in [9.17, 15) is 13.5 Å². The van der Waals surface area contributed by atoms with Gasteiger partial charge >= 0.3 is 0 Å². The number of aliphatic hydroxyl groups excluding tert-OH is 1. The van der Waals surface area contributed by atoms with Crippen LogP contribution < -0.4 is 0 Å². The van der Waals surface area contributed by atoms with Crippen molar-refractivity contribution in [3.63, 3.8) is 0 Å². The summed E-state index contributed by atoms with van der Waals surface area (Å²) in [5, 5.41) is 9.61. The molecule has 1 aromatic rings. The Morgan fingerprint density at radius 3 is 2.50 bits per heavy atom. The average Bonchev–Trinajstić information content (AvgIpc) is 2.95. The van der Waals surface area contributed by atoms with E-state index in [1.165, 1.54) is 12.1 Å². The van der Waals surface area contributed by atoms with Crippen LogP contribution in [0.15, 0.2) is 29.2 Å². The first-order valence-corrected chi connectivity index (χ1v) is 7.79. The molecule has 4 unspecified atom stereocenters. The fourth-order valence-electron chi connectivity index (χ4n) is 2.45. The number of fused-ring (bicyclic) bond motifs is 1. The van der Waals surface area contributed by atoms with Gasteiger partial charge in [-0.2, -0.15) is 8.42 Å². The van der Waals surface area contributed by atoms with Gasteiger partial charge in [0.05, 0.1) is 18.1 Å². The molecular weight excluding hydrogens is 284 g/mol. The van der Waals surface area contributed by atoms with E-state index in [1.807, 2.05) is 6.92 Å². The number of aliphatic hydroxyl groups is 1. The number of rotatable bonds is 3. The van der Waals surface area contributed by atoms with Gasteiger partial charge in [0.15, 0.2) is 0 Å². The van der Waals surface area contributed by atoms with Crippen LogP contribution in [0.3, 0.4) is 0 Å². The van der Waals surface area contributed by atoms with Crippen LogP contribution in [0.4, 0.5) is 0 Å². The molecule has 6 nitrogen and oxygen atoms in total. The van der Waals surface area contributed by atoms with Gasteiger partial charge in [0.1, 0.15) is 24.4 Å². The second-order valence-corrected chi connectivity index (χ2v) is 6.64. The first kappa shape index (κ1) is 14.0. The third-order valence-electron chi connectivity index (χ3n) is 3.54. The Morgan fingerprint density at radius 2 is 1.80 bits per heavy atom. The largest absolute Gasteiger partial charge is 0.388 e. The molecule has 0 amide bonds. The van der Waals surface area contributed by atoms with E-state index in [0.29, 0.717) is 0 Å². The van der Waals surface area contributed by atoms with Crippen molar-refractivity contribution in [1.29, 1.82) is 0 Å². The van der Waals surface area contributed by atoms with Crippen molar-refractivity contribution in [3.8, 4) is 0 Å². The van der Waals surface area contributed by atoms with Crippen molar-refractivity contribution in [1.82, 2.24) is 0 Å². The lowest BCUT2D eigenvalue weighted by atomic mass is 10.1. The smallest absolute Gasteiger partial charge is 0.297 e. The summed E-state index contributed by atoms with van der Waals surface area (Å²) in [5.74, 6) is 0. The highest BCUT2D eigenvalue weighted by Crippen LogP contribution is 2.30. The Balaban J connectivity index is 1.76. The Kier molecular flexibility index (Phi) is 3.55. The van der Waals surface area contributed by atoms with Crippen molar-refractivity contribution >= 4 is 10.1 Å². The Bertz CT molecular complexity index is 581. The van der Waals surface area contributed by atoms with Gasteiger partial charge < -0.3 is 14.6 Å². The van der Waals surface area contributed by atoms with Gasteiger partial charge in [0, 0.05) is 0 Å². The minimum Gasteiger partial charge on any atom is -0.388 e. The minimum absolute atomic E-state index is 0.0947. The van der Waals surface area contributed by atoms with Crippen LogP contribution in [0.2, 0.25) is 0 Å². The predicted molar refractivity (Wildman–Crippen MR) is 68.7 cm³/mol. The van der Waals surface area contributed by atoms with Gasteiger partial charge in [-0.3, -0.25) is 4.18 Å². The molecular formula is C13H16O6S. The van der Waals surface area contributed by atoms with Gasteiger partial charge in [0.25, 0.3) is 10.1 Å². The summed E-state index contributed by atoms with van der Waals surface area (Å²) < 4.78 is 40.2. The van der Waals surface area contributed by atoms with Crippen molar-refractivity contribution in [2.45, 2.75) is 36.2 Å². The van der Waals surface area contributed by atoms with Gasteiger partial charge in [-0.1, -0.05) is 17.7 Å². The molecule has 20 heavy (non-hydrogen) atoms. The van der Waals surface area contributed by atoms with Gasteiger partial charge in [0.2, 0.25) is 0 Å². The normalized spacial score (nSPS) is 33.3. The zero-order chi connectivity index (χ0) is 14.3. The van der Waals surface area contributed by atoms with Gasteiger partial charge in [-0.25, -0.2) is 0 Å². The summed E-state index contributed by atoms with van der Waals surface area (Å²) in [7, 11) is -3.86. The van der Waals surface area contributed by atoms with E-state index in [1.54, 1.807) is 12.1 Å². The second kappa shape index (κ2) is 5.09. The maximum atomic E-state index is 12.2. The molecule has 0 saturated carbocycles. The van der Waals surface area contributed by atoms with E-state index in [2.05, 4.69) is 0 Å². The van der Waals surface area contributed by atoms with E-state index >= 15 is 0 Å². The summed E-state index contributed by atoms with van der Waals surface area (Å²) >= 11 is 0. The van der Waals surface area contributed by atoms with Crippen molar-refractivity contribution in [2.75, 3.05) is 13.2 Å². The Morgan fingerprint density at radius 1 is 1.15 bits per heavy atom. The fourth-order valence-corrected chi connectivity index (χ4v) is 3.52. The number of benzene rings is 1. The van der Waals surface area contributed by atoms with Crippen LogP contribution in [-0.2, 0) is 23.8 Å². The molecule has 0 spiro atoms. The fraction of sp³-hybridized carbons (Fsp3) is 0.538. The number of hydrogen-bond acceptors (Lipinski definition) is 6. The molecule has 4 atom stereocenters. The van der Waals surface area contributed by atoms with Crippen LogP contribution in [-0.4, -0.2) is 51.2 Å². The summed E-state index contributed by atoms with van der Waals surface area (Å²) in [6.07, 6.45) is -2.49. The lowest BCUT2D eigenvalue weighted by Gasteiger charge is -2.16. The first-order chi connectivity index (χ1) is 9.47. The molecule has 110 valence electrons. The van der Waals surface area contributed by atoms with Crippen LogP contribution in [0.25, 0.3) is 0 Å². The third-order valence-corrected chi connectivity index (χ3v) is 4.89. The average molecular weight is 300 g/mol. The van der Waals surface area contributed by atoms with Crippen LogP contribution in [0.5, 0.6) is 0 Å². The summed E-state index contributed by atoms with van der Waals surface area (Å²) in [4.78, 5) is 0.102. The maximum Gasteiger partial charge on any atom is 0.297 e. The molecule has 1 aromatic carbocycles. The summed E-state index contributed by atoms with van der Waals surface area (Å²) in [6, 6.07) is 6.42. The van der Waals surface area contributed by atoms with E-state index < -0.39 is 34.5 Å². The highest BCUT2D eigenvalue weighted by molar-refractivity contribution is 7.86. The summed E-state index contributed by atoms with van der Waals surface area (Å²) in [5.41, 5.74) is 0.968. The SMILES string of the molecule is Cc1ccc(S(=O)(=O)OC2COC3C(O)COC23)cc1. The zero-order valence-electron chi connectivity index (χ0n) is 10.9. The molecule has 1 N–H and O–H groups in total. The topological polar surface area (TPSA) is 82.1 Å². The second-order valence-electron chi connectivity index (χ2n) is 5.07. The van der Waals surface area contributed by atoms with Crippen molar-refractivity contribution < 1.29 is 27.2 Å². The van der Waals surface area contributed by atoms with Crippen LogP contribution in [0, 0.1) is 6.92 Å². The number of ether oxygens (including phenoxy) is 2. The molecule has 0 radical (unpaired) electrons. The molecule has 0 aromatic heterocycles.